The minimum absolute atomic E-state index is 0.0910. The monoisotopic (exact) mass is 280 g/mol. The Labute approximate surface area is 119 Å². The number of benzene rings is 1. The molecule has 0 spiro atoms. The largest absolute Gasteiger partial charge is 0.355 e. The van der Waals surface area contributed by atoms with Crippen LogP contribution >= 0.6 is 11.6 Å². The average Bonchev–Trinajstić information content (AvgIpc) is 2.90. The van der Waals surface area contributed by atoms with Gasteiger partial charge in [-0.05, 0) is 30.7 Å². The first-order chi connectivity index (χ1) is 8.99. The molecule has 0 aliphatic carbocycles. The van der Waals surface area contributed by atoms with E-state index in [1.54, 1.807) is 0 Å². The highest BCUT2D eigenvalue weighted by Gasteiger charge is 2.26. The maximum atomic E-state index is 12.0. The highest BCUT2D eigenvalue weighted by atomic mass is 35.5. The third-order valence-corrected chi connectivity index (χ3v) is 4.01. The molecule has 1 amide bonds. The van der Waals surface area contributed by atoms with E-state index in [-0.39, 0.29) is 17.2 Å². The topological polar surface area (TPSA) is 41.1 Å². The Bertz CT molecular complexity index is 436. The number of rotatable bonds is 4. The lowest BCUT2D eigenvalue weighted by molar-refractivity contribution is -0.124. The van der Waals surface area contributed by atoms with Crippen LogP contribution in [0, 0.1) is 5.92 Å². The third kappa shape index (κ3) is 3.71. The summed E-state index contributed by atoms with van der Waals surface area (Å²) in [7, 11) is 0. The maximum Gasteiger partial charge on any atom is 0.224 e. The molecule has 0 radical (unpaired) electrons. The van der Waals surface area contributed by atoms with E-state index in [9.17, 15) is 4.79 Å². The molecule has 1 aromatic rings. The van der Waals surface area contributed by atoms with E-state index >= 15 is 0 Å². The highest BCUT2D eigenvalue weighted by molar-refractivity contribution is 6.30. The van der Waals surface area contributed by atoms with Gasteiger partial charge in [0.2, 0.25) is 5.91 Å². The molecule has 1 aliphatic rings. The van der Waals surface area contributed by atoms with Crippen molar-refractivity contribution in [3.8, 4) is 0 Å². The van der Waals surface area contributed by atoms with Gasteiger partial charge in [-0.1, -0.05) is 37.6 Å². The molecule has 1 saturated heterocycles. The van der Waals surface area contributed by atoms with E-state index in [0.29, 0.717) is 6.54 Å². The standard InChI is InChI=1S/C15H21ClN2O/c1-15(2,12-3-5-13(16)6-4-12)10-18-14(19)11-7-8-17-9-11/h3-6,11,17H,7-10H2,1-2H3,(H,18,19). The summed E-state index contributed by atoms with van der Waals surface area (Å²) >= 11 is 5.90. The van der Waals surface area contributed by atoms with Crippen LogP contribution in [0.25, 0.3) is 0 Å². The zero-order valence-electron chi connectivity index (χ0n) is 11.5. The summed E-state index contributed by atoms with van der Waals surface area (Å²) in [5.41, 5.74) is 1.09. The summed E-state index contributed by atoms with van der Waals surface area (Å²) in [5.74, 6) is 0.285. The van der Waals surface area contributed by atoms with Crippen LogP contribution in [-0.4, -0.2) is 25.5 Å². The molecule has 3 nitrogen and oxygen atoms in total. The van der Waals surface area contributed by atoms with Crippen molar-refractivity contribution in [1.29, 1.82) is 0 Å². The van der Waals surface area contributed by atoms with Crippen molar-refractivity contribution in [1.82, 2.24) is 10.6 Å². The first kappa shape index (κ1) is 14.4. The lowest BCUT2D eigenvalue weighted by Crippen LogP contribution is -2.40. The normalized spacial score (nSPS) is 19.4. The van der Waals surface area contributed by atoms with E-state index in [1.807, 2.05) is 24.3 Å². The molecule has 1 aliphatic heterocycles. The first-order valence-corrected chi connectivity index (χ1v) is 7.11. The van der Waals surface area contributed by atoms with Crippen LogP contribution < -0.4 is 10.6 Å². The lowest BCUT2D eigenvalue weighted by atomic mass is 9.84. The summed E-state index contributed by atoms with van der Waals surface area (Å²) in [6.07, 6.45) is 0.938. The van der Waals surface area contributed by atoms with E-state index in [4.69, 9.17) is 11.6 Å². The number of hydrogen-bond acceptors (Lipinski definition) is 2. The predicted octanol–water partition coefficient (Wildman–Crippen LogP) is 2.34. The van der Waals surface area contributed by atoms with Crippen LogP contribution in [0.15, 0.2) is 24.3 Å². The zero-order chi connectivity index (χ0) is 13.9. The fourth-order valence-corrected chi connectivity index (χ4v) is 2.46. The van der Waals surface area contributed by atoms with Crippen molar-refractivity contribution >= 4 is 17.5 Å². The molecule has 1 heterocycles. The highest BCUT2D eigenvalue weighted by Crippen LogP contribution is 2.24. The van der Waals surface area contributed by atoms with Crippen molar-refractivity contribution in [3.63, 3.8) is 0 Å². The van der Waals surface area contributed by atoms with Gasteiger partial charge in [0.1, 0.15) is 0 Å². The Morgan fingerprint density at radius 1 is 1.42 bits per heavy atom. The molecule has 4 heteroatoms. The quantitative estimate of drug-likeness (QED) is 0.889. The smallest absolute Gasteiger partial charge is 0.224 e. The van der Waals surface area contributed by atoms with E-state index in [2.05, 4.69) is 24.5 Å². The van der Waals surface area contributed by atoms with E-state index in [1.165, 1.54) is 5.56 Å². The third-order valence-electron chi connectivity index (χ3n) is 3.76. The summed E-state index contributed by atoms with van der Waals surface area (Å²) < 4.78 is 0. The van der Waals surface area contributed by atoms with Crippen LogP contribution in [0.3, 0.4) is 0 Å². The Morgan fingerprint density at radius 2 is 2.11 bits per heavy atom. The Balaban J connectivity index is 1.93. The Kier molecular flexibility index (Phi) is 4.48. The molecule has 0 saturated carbocycles. The number of carbonyl (C=O) groups excluding carboxylic acids is 1. The lowest BCUT2D eigenvalue weighted by Gasteiger charge is -2.26. The molecule has 1 fully saturated rings. The van der Waals surface area contributed by atoms with Crippen LogP contribution in [-0.2, 0) is 10.2 Å². The zero-order valence-corrected chi connectivity index (χ0v) is 12.3. The van der Waals surface area contributed by atoms with Gasteiger partial charge in [-0.2, -0.15) is 0 Å². The molecule has 2 rings (SSSR count). The molecule has 0 bridgehead atoms. The molecule has 1 aromatic carbocycles. The SMILES string of the molecule is CC(C)(CNC(=O)C1CCNC1)c1ccc(Cl)cc1. The number of amides is 1. The minimum atomic E-state index is -0.0910. The van der Waals surface area contributed by atoms with Crippen LogP contribution in [0.1, 0.15) is 25.8 Å². The van der Waals surface area contributed by atoms with Gasteiger partial charge in [-0.25, -0.2) is 0 Å². The van der Waals surface area contributed by atoms with Crippen LogP contribution in [0.5, 0.6) is 0 Å². The van der Waals surface area contributed by atoms with Gasteiger partial charge >= 0.3 is 0 Å². The van der Waals surface area contributed by atoms with Crippen molar-refractivity contribution in [2.24, 2.45) is 5.92 Å². The van der Waals surface area contributed by atoms with Gasteiger partial charge in [0.15, 0.2) is 0 Å². The predicted molar refractivity (Wildman–Crippen MR) is 78.5 cm³/mol. The second-order valence-corrected chi connectivity index (χ2v) is 6.23. The summed E-state index contributed by atoms with van der Waals surface area (Å²) in [6.45, 7) is 6.64. The molecular formula is C15H21ClN2O. The van der Waals surface area contributed by atoms with Gasteiger partial charge in [0, 0.05) is 23.5 Å². The first-order valence-electron chi connectivity index (χ1n) is 6.73. The molecule has 2 N–H and O–H groups in total. The second-order valence-electron chi connectivity index (χ2n) is 5.80. The van der Waals surface area contributed by atoms with Crippen molar-refractivity contribution < 1.29 is 4.79 Å². The Hall–Kier alpha value is -1.06. The van der Waals surface area contributed by atoms with Crippen molar-refractivity contribution in [2.45, 2.75) is 25.7 Å². The van der Waals surface area contributed by atoms with Crippen molar-refractivity contribution in [3.05, 3.63) is 34.9 Å². The van der Waals surface area contributed by atoms with E-state index < -0.39 is 0 Å². The number of halogens is 1. The van der Waals surface area contributed by atoms with Crippen molar-refractivity contribution in [2.75, 3.05) is 19.6 Å². The summed E-state index contributed by atoms with van der Waals surface area (Å²) in [4.78, 5) is 12.0. The maximum absolute atomic E-state index is 12.0. The Morgan fingerprint density at radius 3 is 2.68 bits per heavy atom. The van der Waals surface area contributed by atoms with Gasteiger partial charge in [-0.15, -0.1) is 0 Å². The number of carbonyl (C=O) groups is 1. The number of hydrogen-bond donors (Lipinski definition) is 2. The molecule has 1 unspecified atom stereocenters. The fraction of sp³-hybridized carbons (Fsp3) is 0.533. The van der Waals surface area contributed by atoms with Gasteiger partial charge in [0.25, 0.3) is 0 Å². The molecule has 0 aromatic heterocycles. The van der Waals surface area contributed by atoms with E-state index in [0.717, 1.165) is 24.5 Å². The molecule has 19 heavy (non-hydrogen) atoms. The van der Waals surface area contributed by atoms with Gasteiger partial charge in [-0.3, -0.25) is 4.79 Å². The van der Waals surface area contributed by atoms with Crippen LogP contribution in [0.2, 0.25) is 5.02 Å². The molecule has 1 atom stereocenters. The molecule has 104 valence electrons. The minimum Gasteiger partial charge on any atom is -0.355 e. The summed E-state index contributed by atoms with van der Waals surface area (Å²) in [5, 5.41) is 7.02. The van der Waals surface area contributed by atoms with Gasteiger partial charge in [0.05, 0.1) is 5.92 Å². The van der Waals surface area contributed by atoms with Gasteiger partial charge < -0.3 is 10.6 Å². The molecular weight excluding hydrogens is 260 g/mol. The number of nitrogens with one attached hydrogen (secondary N) is 2. The van der Waals surface area contributed by atoms with Crippen LogP contribution in [0.4, 0.5) is 0 Å². The second kappa shape index (κ2) is 5.93. The average molecular weight is 281 g/mol. The summed E-state index contributed by atoms with van der Waals surface area (Å²) in [6, 6.07) is 7.82. The fourth-order valence-electron chi connectivity index (χ4n) is 2.33.